The van der Waals surface area contributed by atoms with Crippen LogP contribution in [0.4, 0.5) is 0 Å². The Morgan fingerprint density at radius 2 is 1.79 bits per heavy atom. The average Bonchev–Trinajstić information content (AvgIpc) is 2.84. The highest BCUT2D eigenvalue weighted by Crippen LogP contribution is 2.63. The molecule has 4 atom stereocenters. The third kappa shape index (κ3) is 3.51. The largest absolute Gasteiger partial charge is 0.413 e. The molecule has 3 heteroatoms. The van der Waals surface area contributed by atoms with Crippen LogP contribution < -0.4 is 0 Å². The van der Waals surface area contributed by atoms with Crippen molar-refractivity contribution in [2.45, 2.75) is 105 Å². The van der Waals surface area contributed by atoms with Gasteiger partial charge >= 0.3 is 0 Å². The Bertz CT molecular complexity index is 709. The Labute approximate surface area is 174 Å². The van der Waals surface area contributed by atoms with E-state index in [-0.39, 0.29) is 22.3 Å². The van der Waals surface area contributed by atoms with Crippen molar-refractivity contribution < 1.29 is 9.22 Å². The zero-order valence-electron chi connectivity index (χ0n) is 19.7. The molecule has 0 aromatic rings. The van der Waals surface area contributed by atoms with Crippen LogP contribution in [-0.4, -0.2) is 20.2 Å². The van der Waals surface area contributed by atoms with E-state index in [1.165, 1.54) is 19.3 Å². The average molecular weight is 403 g/mol. The summed E-state index contributed by atoms with van der Waals surface area (Å²) in [5.41, 5.74) is 3.63. The van der Waals surface area contributed by atoms with Crippen LogP contribution in [0, 0.1) is 22.7 Å². The topological polar surface area (TPSA) is 26.3 Å². The third-order valence-corrected chi connectivity index (χ3v) is 13.2. The zero-order valence-corrected chi connectivity index (χ0v) is 20.7. The van der Waals surface area contributed by atoms with E-state index in [0.29, 0.717) is 23.7 Å². The highest BCUT2D eigenvalue weighted by atomic mass is 28.4. The van der Waals surface area contributed by atoms with E-state index in [0.717, 1.165) is 6.42 Å². The SMILES string of the molecule is CC(C)C1=C2[C@@H]3C=CC(=O)C[C@@H](O[Si](C)(C)C(C)(C)C)[C@]3(C)CC[C@@]2(C)CC1. The summed E-state index contributed by atoms with van der Waals surface area (Å²) in [5.74, 6) is 1.17. The van der Waals surface area contributed by atoms with Gasteiger partial charge in [0.2, 0.25) is 0 Å². The van der Waals surface area contributed by atoms with Gasteiger partial charge in [0.25, 0.3) is 0 Å². The fraction of sp³-hybridized carbons (Fsp3) is 0.800. The predicted molar refractivity (Wildman–Crippen MR) is 121 cm³/mol. The molecule has 0 heterocycles. The Kier molecular flexibility index (Phi) is 5.46. The van der Waals surface area contributed by atoms with Gasteiger partial charge in [-0.1, -0.05) is 65.7 Å². The van der Waals surface area contributed by atoms with Crippen molar-refractivity contribution in [2.75, 3.05) is 0 Å². The van der Waals surface area contributed by atoms with Gasteiger partial charge in [0.05, 0.1) is 6.10 Å². The molecular weight excluding hydrogens is 360 g/mol. The molecule has 0 aliphatic heterocycles. The molecule has 1 fully saturated rings. The molecule has 0 amide bonds. The minimum absolute atomic E-state index is 0.0114. The summed E-state index contributed by atoms with van der Waals surface area (Å²) in [5, 5.41) is 0.153. The molecule has 28 heavy (non-hydrogen) atoms. The molecule has 3 aliphatic carbocycles. The summed E-state index contributed by atoms with van der Waals surface area (Å²) in [6.45, 7) is 21.1. The van der Waals surface area contributed by atoms with Gasteiger partial charge in [0, 0.05) is 17.8 Å². The molecule has 0 aromatic carbocycles. The van der Waals surface area contributed by atoms with Crippen molar-refractivity contribution in [3.05, 3.63) is 23.3 Å². The summed E-state index contributed by atoms with van der Waals surface area (Å²) in [6, 6.07) is 0. The number of ketones is 1. The molecule has 2 nitrogen and oxygen atoms in total. The Balaban J connectivity index is 2.08. The van der Waals surface area contributed by atoms with E-state index >= 15 is 0 Å². The summed E-state index contributed by atoms with van der Waals surface area (Å²) in [6.07, 6.45) is 9.59. The van der Waals surface area contributed by atoms with Crippen molar-refractivity contribution in [1.29, 1.82) is 0 Å². The quantitative estimate of drug-likeness (QED) is 0.372. The van der Waals surface area contributed by atoms with E-state index < -0.39 is 8.32 Å². The first-order valence-electron chi connectivity index (χ1n) is 11.3. The molecular formula is C25H42O2Si. The number of carbonyl (C=O) groups excluding carboxylic acids is 1. The smallest absolute Gasteiger partial charge is 0.192 e. The van der Waals surface area contributed by atoms with Crippen molar-refractivity contribution in [3.8, 4) is 0 Å². The number of hydrogen-bond donors (Lipinski definition) is 0. The van der Waals surface area contributed by atoms with Gasteiger partial charge in [0.1, 0.15) is 0 Å². The van der Waals surface area contributed by atoms with Crippen LogP contribution in [0.2, 0.25) is 18.1 Å². The molecule has 0 unspecified atom stereocenters. The molecule has 0 bridgehead atoms. The summed E-state index contributed by atoms with van der Waals surface area (Å²) < 4.78 is 7.00. The van der Waals surface area contributed by atoms with Crippen LogP contribution in [0.25, 0.3) is 0 Å². The molecule has 0 N–H and O–H groups in total. The van der Waals surface area contributed by atoms with Crippen LogP contribution in [0.3, 0.4) is 0 Å². The Hall–Kier alpha value is -0.673. The molecule has 1 saturated carbocycles. The molecule has 0 aromatic heterocycles. The van der Waals surface area contributed by atoms with E-state index in [2.05, 4.69) is 67.6 Å². The fourth-order valence-electron chi connectivity index (χ4n) is 5.61. The second kappa shape index (κ2) is 6.94. The lowest BCUT2D eigenvalue weighted by atomic mass is 9.55. The van der Waals surface area contributed by atoms with E-state index in [1.807, 2.05) is 6.08 Å². The molecule has 0 saturated heterocycles. The standard InChI is InChI=1S/C25H42O2Si/c1-17(2)19-12-13-24(6)14-15-25(7)20(22(19)24)11-10-18(26)16-21(25)27-28(8,9)23(3,4)5/h10-11,17,20-21H,12-16H2,1-9H3/t20-,21+,24+,25+/m0/s1. The summed E-state index contributed by atoms with van der Waals surface area (Å²) in [7, 11) is -1.95. The van der Waals surface area contributed by atoms with Crippen LogP contribution >= 0.6 is 0 Å². The Morgan fingerprint density at radius 1 is 1.14 bits per heavy atom. The number of carbonyl (C=O) groups is 1. The maximum atomic E-state index is 12.7. The number of fused-ring (bicyclic) bond motifs is 3. The maximum absolute atomic E-state index is 12.7. The van der Waals surface area contributed by atoms with Crippen molar-refractivity contribution in [3.63, 3.8) is 0 Å². The fourth-order valence-corrected chi connectivity index (χ4v) is 7.02. The first-order chi connectivity index (χ1) is 12.7. The first-order valence-corrected chi connectivity index (χ1v) is 14.2. The van der Waals surface area contributed by atoms with Crippen LogP contribution in [0.5, 0.6) is 0 Å². The molecule has 0 radical (unpaired) electrons. The van der Waals surface area contributed by atoms with Crippen molar-refractivity contribution in [2.24, 2.45) is 22.7 Å². The van der Waals surface area contributed by atoms with Crippen molar-refractivity contribution >= 4 is 14.1 Å². The summed E-state index contributed by atoms with van der Waals surface area (Å²) >= 11 is 0. The van der Waals surface area contributed by atoms with Crippen LogP contribution in [0.1, 0.15) is 80.6 Å². The second-order valence-electron chi connectivity index (χ2n) is 12.0. The van der Waals surface area contributed by atoms with E-state index in [1.54, 1.807) is 11.1 Å². The highest BCUT2D eigenvalue weighted by molar-refractivity contribution is 6.74. The van der Waals surface area contributed by atoms with Gasteiger partial charge in [-0.3, -0.25) is 4.79 Å². The molecule has 3 aliphatic rings. The van der Waals surface area contributed by atoms with Crippen LogP contribution in [0.15, 0.2) is 23.3 Å². The monoisotopic (exact) mass is 402 g/mol. The van der Waals surface area contributed by atoms with Gasteiger partial charge in [-0.2, -0.15) is 0 Å². The predicted octanol–water partition coefficient (Wildman–Crippen LogP) is 7.07. The van der Waals surface area contributed by atoms with E-state index in [9.17, 15) is 4.79 Å². The van der Waals surface area contributed by atoms with Gasteiger partial charge in [0.15, 0.2) is 14.1 Å². The lowest BCUT2D eigenvalue weighted by Gasteiger charge is -2.53. The number of allylic oxidation sites excluding steroid dienone is 4. The summed E-state index contributed by atoms with van der Waals surface area (Å²) in [4.78, 5) is 12.7. The third-order valence-electron chi connectivity index (χ3n) is 8.72. The molecule has 3 rings (SSSR count). The van der Waals surface area contributed by atoms with Crippen LogP contribution in [-0.2, 0) is 9.22 Å². The number of rotatable bonds is 3. The number of hydrogen-bond acceptors (Lipinski definition) is 2. The van der Waals surface area contributed by atoms with Gasteiger partial charge in [-0.05, 0) is 61.2 Å². The molecule has 158 valence electrons. The minimum Gasteiger partial charge on any atom is -0.413 e. The normalized spacial score (nSPS) is 36.6. The minimum atomic E-state index is -1.95. The zero-order chi connectivity index (χ0) is 21.1. The van der Waals surface area contributed by atoms with Crippen molar-refractivity contribution in [1.82, 2.24) is 0 Å². The lowest BCUT2D eigenvalue weighted by molar-refractivity contribution is -0.118. The van der Waals surface area contributed by atoms with E-state index in [4.69, 9.17) is 4.43 Å². The molecule has 0 spiro atoms. The first kappa shape index (κ1) is 22.0. The highest BCUT2D eigenvalue weighted by Gasteiger charge is 2.56. The van der Waals surface area contributed by atoms with Gasteiger partial charge in [-0.25, -0.2) is 0 Å². The second-order valence-corrected chi connectivity index (χ2v) is 16.8. The van der Waals surface area contributed by atoms with Gasteiger partial charge < -0.3 is 4.43 Å². The van der Waals surface area contributed by atoms with Gasteiger partial charge in [-0.15, -0.1) is 0 Å². The maximum Gasteiger partial charge on any atom is 0.192 e. The Morgan fingerprint density at radius 3 is 2.36 bits per heavy atom. The lowest BCUT2D eigenvalue weighted by Crippen LogP contribution is -2.53.